The molecule has 1 N–H and O–H groups in total. The van der Waals surface area contributed by atoms with Gasteiger partial charge in [-0.05, 0) is 6.07 Å². The van der Waals surface area contributed by atoms with Gasteiger partial charge in [0.2, 0.25) is 0 Å². The molecule has 0 spiro atoms. The molecule has 0 saturated carbocycles. The van der Waals surface area contributed by atoms with E-state index in [0.29, 0.717) is 28.0 Å². The molecule has 4 nitrogen and oxygen atoms in total. The maximum absolute atomic E-state index is 9.93. The molecule has 90 valence electrons. The van der Waals surface area contributed by atoms with Crippen LogP contribution in [0.1, 0.15) is 0 Å². The topological polar surface area (TPSA) is 47.9 Å². The van der Waals surface area contributed by atoms with Crippen LogP contribution < -0.4 is 14.2 Å². The van der Waals surface area contributed by atoms with E-state index in [4.69, 9.17) is 14.2 Å². The minimum atomic E-state index is 0.136. The molecule has 0 aliphatic heterocycles. The molecular weight excluding hydrogens is 220 g/mol. The van der Waals surface area contributed by atoms with Crippen molar-refractivity contribution in [1.82, 2.24) is 0 Å². The predicted octanol–water partition coefficient (Wildman–Crippen LogP) is 2.57. The standard InChI is InChI=1S/C13H14O4/c1-15-10-6-4-5-8-9(14)7-11(16-2)13(17-3)12(8)10/h4-7,14H,1-3H3. The van der Waals surface area contributed by atoms with E-state index in [1.54, 1.807) is 20.3 Å². The van der Waals surface area contributed by atoms with Crippen LogP contribution in [0, 0.1) is 0 Å². The van der Waals surface area contributed by atoms with E-state index in [0.717, 1.165) is 0 Å². The Balaban J connectivity index is 2.92. The van der Waals surface area contributed by atoms with Crippen molar-refractivity contribution < 1.29 is 19.3 Å². The number of benzene rings is 2. The van der Waals surface area contributed by atoms with Crippen LogP contribution in [0.5, 0.6) is 23.0 Å². The Labute approximate surface area is 99.3 Å². The molecule has 0 heterocycles. The molecule has 0 atom stereocenters. The first-order chi connectivity index (χ1) is 8.22. The van der Waals surface area contributed by atoms with Crippen LogP contribution in [0.4, 0.5) is 0 Å². The summed E-state index contributed by atoms with van der Waals surface area (Å²) in [4.78, 5) is 0. The molecule has 0 radical (unpaired) electrons. The van der Waals surface area contributed by atoms with Crippen molar-refractivity contribution in [3.63, 3.8) is 0 Å². The second-order valence-corrected chi connectivity index (χ2v) is 3.51. The summed E-state index contributed by atoms with van der Waals surface area (Å²) in [6, 6.07) is 6.95. The molecule has 0 bridgehead atoms. The zero-order valence-electron chi connectivity index (χ0n) is 9.98. The quantitative estimate of drug-likeness (QED) is 0.886. The van der Waals surface area contributed by atoms with E-state index in [9.17, 15) is 5.11 Å². The second kappa shape index (κ2) is 4.41. The van der Waals surface area contributed by atoms with Crippen LogP contribution in [0.15, 0.2) is 24.3 Å². The lowest BCUT2D eigenvalue weighted by molar-refractivity contribution is 0.353. The number of hydrogen-bond acceptors (Lipinski definition) is 4. The highest BCUT2D eigenvalue weighted by Crippen LogP contribution is 2.44. The van der Waals surface area contributed by atoms with Crippen LogP contribution in [0.3, 0.4) is 0 Å². The lowest BCUT2D eigenvalue weighted by Crippen LogP contribution is -1.94. The molecule has 4 heteroatoms. The molecular formula is C13H14O4. The van der Waals surface area contributed by atoms with Gasteiger partial charge in [0.15, 0.2) is 11.5 Å². The Morgan fingerprint density at radius 2 is 1.65 bits per heavy atom. The highest BCUT2D eigenvalue weighted by Gasteiger charge is 2.16. The van der Waals surface area contributed by atoms with Crippen molar-refractivity contribution in [3.05, 3.63) is 24.3 Å². The van der Waals surface area contributed by atoms with Crippen LogP contribution in [0.25, 0.3) is 10.8 Å². The van der Waals surface area contributed by atoms with Gasteiger partial charge in [-0.2, -0.15) is 0 Å². The van der Waals surface area contributed by atoms with Crippen molar-refractivity contribution in [3.8, 4) is 23.0 Å². The predicted molar refractivity (Wildman–Crippen MR) is 65.3 cm³/mol. The van der Waals surface area contributed by atoms with E-state index in [2.05, 4.69) is 0 Å². The summed E-state index contributed by atoms with van der Waals surface area (Å²) in [6.07, 6.45) is 0. The van der Waals surface area contributed by atoms with Gasteiger partial charge in [-0.1, -0.05) is 12.1 Å². The van der Waals surface area contributed by atoms with E-state index in [-0.39, 0.29) is 5.75 Å². The summed E-state index contributed by atoms with van der Waals surface area (Å²) < 4.78 is 15.8. The third-order valence-electron chi connectivity index (χ3n) is 2.66. The van der Waals surface area contributed by atoms with Crippen LogP contribution in [0.2, 0.25) is 0 Å². The molecule has 2 rings (SSSR count). The zero-order valence-corrected chi connectivity index (χ0v) is 9.98. The van der Waals surface area contributed by atoms with Crippen molar-refractivity contribution in [2.24, 2.45) is 0 Å². The summed E-state index contributed by atoms with van der Waals surface area (Å²) in [7, 11) is 4.66. The van der Waals surface area contributed by atoms with Gasteiger partial charge in [0.25, 0.3) is 0 Å². The molecule has 2 aromatic rings. The highest BCUT2D eigenvalue weighted by molar-refractivity contribution is 5.99. The average molecular weight is 234 g/mol. The lowest BCUT2D eigenvalue weighted by Gasteiger charge is -2.14. The van der Waals surface area contributed by atoms with E-state index in [1.165, 1.54) is 13.2 Å². The average Bonchev–Trinajstić information content (AvgIpc) is 2.37. The Hall–Kier alpha value is -2.10. The van der Waals surface area contributed by atoms with Crippen LogP contribution >= 0.6 is 0 Å². The molecule has 0 fully saturated rings. The fourth-order valence-electron chi connectivity index (χ4n) is 1.89. The number of phenolic OH excluding ortho intramolecular Hbond substituents is 1. The Kier molecular flexibility index (Phi) is 2.95. The summed E-state index contributed by atoms with van der Waals surface area (Å²) in [5.74, 6) is 1.80. The van der Waals surface area contributed by atoms with Gasteiger partial charge in [0, 0.05) is 11.5 Å². The molecule has 0 aromatic heterocycles. The summed E-state index contributed by atoms with van der Waals surface area (Å²) in [5, 5.41) is 11.3. The van der Waals surface area contributed by atoms with Crippen molar-refractivity contribution in [1.29, 1.82) is 0 Å². The first-order valence-electron chi connectivity index (χ1n) is 5.13. The number of phenols is 1. The van der Waals surface area contributed by atoms with Gasteiger partial charge < -0.3 is 19.3 Å². The molecule has 0 saturated heterocycles. The highest BCUT2D eigenvalue weighted by atomic mass is 16.5. The number of hydrogen-bond donors (Lipinski definition) is 1. The number of methoxy groups -OCH3 is 3. The fourth-order valence-corrected chi connectivity index (χ4v) is 1.89. The Morgan fingerprint density at radius 3 is 2.24 bits per heavy atom. The molecule has 0 unspecified atom stereocenters. The van der Waals surface area contributed by atoms with E-state index >= 15 is 0 Å². The second-order valence-electron chi connectivity index (χ2n) is 3.51. The first kappa shape index (κ1) is 11.4. The monoisotopic (exact) mass is 234 g/mol. The lowest BCUT2D eigenvalue weighted by atomic mass is 10.1. The number of ether oxygens (including phenoxy) is 3. The molecule has 0 aliphatic rings. The smallest absolute Gasteiger partial charge is 0.172 e. The molecule has 0 aliphatic carbocycles. The third-order valence-corrected chi connectivity index (χ3v) is 2.66. The van der Waals surface area contributed by atoms with Gasteiger partial charge in [-0.15, -0.1) is 0 Å². The van der Waals surface area contributed by atoms with Crippen molar-refractivity contribution >= 4 is 10.8 Å². The number of rotatable bonds is 3. The van der Waals surface area contributed by atoms with Crippen molar-refractivity contribution in [2.75, 3.05) is 21.3 Å². The van der Waals surface area contributed by atoms with Gasteiger partial charge >= 0.3 is 0 Å². The maximum Gasteiger partial charge on any atom is 0.172 e. The minimum absolute atomic E-state index is 0.136. The molecule has 2 aromatic carbocycles. The van der Waals surface area contributed by atoms with Crippen LogP contribution in [-0.4, -0.2) is 26.4 Å². The third kappa shape index (κ3) is 1.71. The minimum Gasteiger partial charge on any atom is -0.507 e. The van der Waals surface area contributed by atoms with Gasteiger partial charge in [0.1, 0.15) is 11.5 Å². The Bertz CT molecular complexity index is 549. The number of fused-ring (bicyclic) bond motifs is 1. The molecule has 17 heavy (non-hydrogen) atoms. The maximum atomic E-state index is 9.93. The summed E-state index contributed by atoms with van der Waals surface area (Å²) in [6.45, 7) is 0. The Morgan fingerprint density at radius 1 is 0.941 bits per heavy atom. The van der Waals surface area contributed by atoms with Gasteiger partial charge in [-0.25, -0.2) is 0 Å². The summed E-state index contributed by atoms with van der Waals surface area (Å²) in [5.41, 5.74) is 0. The normalized spacial score (nSPS) is 10.3. The SMILES string of the molecule is COc1cc(O)c2cccc(OC)c2c1OC. The van der Waals surface area contributed by atoms with Crippen LogP contribution in [-0.2, 0) is 0 Å². The largest absolute Gasteiger partial charge is 0.507 e. The summed E-state index contributed by atoms with van der Waals surface area (Å²) >= 11 is 0. The molecule has 0 amide bonds. The van der Waals surface area contributed by atoms with E-state index < -0.39 is 0 Å². The van der Waals surface area contributed by atoms with Gasteiger partial charge in [-0.3, -0.25) is 0 Å². The van der Waals surface area contributed by atoms with Gasteiger partial charge in [0.05, 0.1) is 26.7 Å². The van der Waals surface area contributed by atoms with Crippen molar-refractivity contribution in [2.45, 2.75) is 0 Å². The number of aromatic hydroxyl groups is 1. The first-order valence-corrected chi connectivity index (χ1v) is 5.13. The zero-order chi connectivity index (χ0) is 12.4. The van der Waals surface area contributed by atoms with E-state index in [1.807, 2.05) is 12.1 Å². The fraction of sp³-hybridized carbons (Fsp3) is 0.231.